The first-order valence-electron chi connectivity index (χ1n) is 15.2. The molecule has 0 unspecified atom stereocenters. The zero-order valence-electron chi connectivity index (χ0n) is 25.5. The standard InChI is InChI=1S/C36H41N3O4/c1-5-7-16-36(3,4)26-19-25-21-28-32(34(38)39-33(28)37)31(23-12-8-9-13-23)30(25)29(22-26)43-27-15-10-14-24(20-27)35(40)42-18-11-17-41-6-2/h8-10,12-15,19-23H,5-7,11,16-18H2,1-4H3,(H3,37,38,39). The molecule has 0 atom stereocenters. The lowest BCUT2D eigenvalue weighted by atomic mass is 9.78. The molecule has 1 heterocycles. The van der Waals surface area contributed by atoms with Gasteiger partial charge < -0.3 is 19.9 Å². The molecule has 43 heavy (non-hydrogen) atoms. The van der Waals surface area contributed by atoms with E-state index in [0.29, 0.717) is 42.5 Å². The van der Waals surface area contributed by atoms with Crippen LogP contribution in [0.3, 0.4) is 0 Å². The maximum atomic E-state index is 12.8. The highest BCUT2D eigenvalue weighted by atomic mass is 16.5. The molecule has 0 saturated carbocycles. The summed E-state index contributed by atoms with van der Waals surface area (Å²) in [6, 6.07) is 13.5. The number of ether oxygens (including phenoxy) is 3. The van der Waals surface area contributed by atoms with Gasteiger partial charge in [-0.15, -0.1) is 0 Å². The van der Waals surface area contributed by atoms with Crippen molar-refractivity contribution in [3.63, 3.8) is 0 Å². The number of nitrogens with zero attached hydrogens (tertiary/aromatic N) is 1. The average Bonchev–Trinajstić information content (AvgIpc) is 3.63. The number of benzene rings is 3. The van der Waals surface area contributed by atoms with Crippen molar-refractivity contribution in [2.75, 3.05) is 19.8 Å². The minimum absolute atomic E-state index is 0.0450. The van der Waals surface area contributed by atoms with E-state index < -0.39 is 5.97 Å². The number of aliphatic imine (C=N–C) groups is 1. The van der Waals surface area contributed by atoms with Crippen LogP contribution in [0.15, 0.2) is 71.8 Å². The van der Waals surface area contributed by atoms with Gasteiger partial charge in [0.1, 0.15) is 17.3 Å². The number of hydrogen-bond acceptors (Lipinski definition) is 6. The quantitative estimate of drug-likeness (QED) is 0.158. The summed E-state index contributed by atoms with van der Waals surface area (Å²) in [6.07, 6.45) is 12.2. The van der Waals surface area contributed by atoms with Gasteiger partial charge in [-0.3, -0.25) is 5.41 Å². The predicted octanol–water partition coefficient (Wildman–Crippen LogP) is 7.94. The van der Waals surface area contributed by atoms with E-state index in [2.05, 4.69) is 50.0 Å². The summed E-state index contributed by atoms with van der Waals surface area (Å²) in [6.45, 7) is 10.1. The van der Waals surface area contributed by atoms with Crippen LogP contribution in [0, 0.1) is 5.41 Å². The van der Waals surface area contributed by atoms with Crippen LogP contribution in [0.1, 0.15) is 91.9 Å². The number of nitrogens with one attached hydrogen (secondary N) is 1. The van der Waals surface area contributed by atoms with Gasteiger partial charge in [-0.1, -0.05) is 70.0 Å². The number of nitrogens with two attached hydrogens (primary N) is 1. The van der Waals surface area contributed by atoms with E-state index in [1.807, 2.05) is 31.2 Å². The summed E-state index contributed by atoms with van der Waals surface area (Å²) in [5.41, 5.74) is 10.4. The summed E-state index contributed by atoms with van der Waals surface area (Å²) in [5, 5.41) is 10.5. The molecule has 0 spiro atoms. The number of esters is 1. The molecule has 0 amide bonds. The molecule has 5 rings (SSSR count). The molecule has 3 aromatic rings. The summed E-state index contributed by atoms with van der Waals surface area (Å²) >= 11 is 0. The van der Waals surface area contributed by atoms with Gasteiger partial charge in [-0.05, 0) is 65.6 Å². The Morgan fingerprint density at radius 1 is 1.05 bits per heavy atom. The SMILES string of the molecule is CCCCC(C)(C)c1cc(Oc2cccc(C(=O)OCCCOCC)c2)c2c(C3C=CC=C3)c3c(cc2c1)C(=N)N=C3N. The molecule has 3 N–H and O–H groups in total. The van der Waals surface area contributed by atoms with Gasteiger partial charge >= 0.3 is 5.97 Å². The molecule has 1 aliphatic carbocycles. The summed E-state index contributed by atoms with van der Waals surface area (Å²) in [7, 11) is 0. The number of carbonyl (C=O) groups is 1. The zero-order valence-corrected chi connectivity index (χ0v) is 25.5. The van der Waals surface area contributed by atoms with E-state index in [1.54, 1.807) is 18.2 Å². The molecule has 0 saturated heterocycles. The van der Waals surface area contributed by atoms with Gasteiger partial charge in [-0.2, -0.15) is 0 Å². The van der Waals surface area contributed by atoms with Gasteiger partial charge in [-0.25, -0.2) is 9.79 Å². The van der Waals surface area contributed by atoms with Crippen molar-refractivity contribution in [2.24, 2.45) is 10.7 Å². The number of hydrogen-bond donors (Lipinski definition) is 2. The Hall–Kier alpha value is -4.23. The minimum atomic E-state index is -0.400. The highest BCUT2D eigenvalue weighted by Crippen LogP contribution is 2.45. The molecule has 7 heteroatoms. The number of rotatable bonds is 13. The lowest BCUT2D eigenvalue weighted by Crippen LogP contribution is -2.18. The number of unbranched alkanes of at least 4 members (excludes halogenated alkanes) is 1. The van der Waals surface area contributed by atoms with Crippen molar-refractivity contribution in [2.45, 2.75) is 64.7 Å². The van der Waals surface area contributed by atoms with Crippen LogP contribution >= 0.6 is 0 Å². The number of carbonyl (C=O) groups excluding carboxylic acids is 1. The summed E-state index contributed by atoms with van der Waals surface area (Å²) < 4.78 is 17.5. The second-order valence-corrected chi connectivity index (χ2v) is 11.7. The van der Waals surface area contributed by atoms with Crippen molar-refractivity contribution < 1.29 is 19.0 Å². The van der Waals surface area contributed by atoms with Crippen LogP contribution < -0.4 is 10.5 Å². The molecule has 3 aromatic carbocycles. The van der Waals surface area contributed by atoms with Gasteiger partial charge in [0.05, 0.1) is 12.2 Å². The van der Waals surface area contributed by atoms with Crippen LogP contribution in [-0.2, 0) is 14.9 Å². The predicted molar refractivity (Wildman–Crippen MR) is 173 cm³/mol. The van der Waals surface area contributed by atoms with E-state index >= 15 is 0 Å². The second-order valence-electron chi connectivity index (χ2n) is 11.7. The Kier molecular flexibility index (Phi) is 9.11. The van der Waals surface area contributed by atoms with Crippen molar-refractivity contribution in [3.8, 4) is 11.5 Å². The number of allylic oxidation sites excluding steroid dienone is 4. The van der Waals surface area contributed by atoms with Crippen LogP contribution in [0.25, 0.3) is 10.8 Å². The van der Waals surface area contributed by atoms with Crippen LogP contribution in [0.4, 0.5) is 0 Å². The van der Waals surface area contributed by atoms with Gasteiger partial charge in [0.25, 0.3) is 0 Å². The fourth-order valence-electron chi connectivity index (χ4n) is 5.80. The molecule has 7 nitrogen and oxygen atoms in total. The Morgan fingerprint density at radius 3 is 2.58 bits per heavy atom. The number of amidine groups is 2. The maximum absolute atomic E-state index is 12.8. The molecule has 0 radical (unpaired) electrons. The van der Waals surface area contributed by atoms with Gasteiger partial charge in [0.15, 0.2) is 5.84 Å². The van der Waals surface area contributed by atoms with Gasteiger partial charge in [0, 0.05) is 42.1 Å². The minimum Gasteiger partial charge on any atom is -0.462 e. The first-order valence-corrected chi connectivity index (χ1v) is 15.2. The maximum Gasteiger partial charge on any atom is 0.338 e. The fourth-order valence-corrected chi connectivity index (χ4v) is 5.80. The van der Waals surface area contributed by atoms with Crippen molar-refractivity contribution in [3.05, 3.63) is 94.6 Å². The van der Waals surface area contributed by atoms with E-state index in [9.17, 15) is 4.79 Å². The third kappa shape index (κ3) is 6.42. The molecular weight excluding hydrogens is 538 g/mol. The second kappa shape index (κ2) is 13.0. The fraction of sp³-hybridized carbons (Fsp3) is 0.361. The van der Waals surface area contributed by atoms with Crippen molar-refractivity contribution >= 4 is 28.4 Å². The highest BCUT2D eigenvalue weighted by molar-refractivity contribution is 6.24. The summed E-state index contributed by atoms with van der Waals surface area (Å²) in [4.78, 5) is 17.2. The highest BCUT2D eigenvalue weighted by Gasteiger charge is 2.31. The first kappa shape index (κ1) is 30.2. The van der Waals surface area contributed by atoms with Crippen molar-refractivity contribution in [1.82, 2.24) is 0 Å². The Labute approximate surface area is 254 Å². The molecule has 0 bridgehead atoms. The van der Waals surface area contributed by atoms with Crippen LogP contribution in [0.5, 0.6) is 11.5 Å². The monoisotopic (exact) mass is 579 g/mol. The first-order chi connectivity index (χ1) is 20.7. The molecule has 224 valence electrons. The molecule has 0 fully saturated rings. The Morgan fingerprint density at radius 2 is 1.84 bits per heavy atom. The lowest BCUT2D eigenvalue weighted by Gasteiger charge is -2.28. The average molecular weight is 580 g/mol. The number of fused-ring (bicyclic) bond motifs is 2. The Balaban J connectivity index is 1.61. The normalized spacial score (nSPS) is 14.4. The van der Waals surface area contributed by atoms with E-state index in [0.717, 1.165) is 52.3 Å². The zero-order chi connectivity index (χ0) is 30.6. The van der Waals surface area contributed by atoms with E-state index in [-0.39, 0.29) is 23.8 Å². The van der Waals surface area contributed by atoms with Crippen LogP contribution in [0.2, 0.25) is 0 Å². The molecule has 1 aliphatic heterocycles. The van der Waals surface area contributed by atoms with E-state index in [4.69, 9.17) is 25.4 Å². The molecule has 0 aromatic heterocycles. The molecular formula is C36H41N3O4. The third-order valence-corrected chi connectivity index (χ3v) is 8.17. The molecule has 2 aliphatic rings. The lowest BCUT2D eigenvalue weighted by molar-refractivity contribution is 0.0452. The van der Waals surface area contributed by atoms with Gasteiger partial charge in [0.2, 0.25) is 0 Å². The smallest absolute Gasteiger partial charge is 0.338 e. The largest absolute Gasteiger partial charge is 0.462 e. The van der Waals surface area contributed by atoms with Crippen molar-refractivity contribution in [1.29, 1.82) is 5.41 Å². The van der Waals surface area contributed by atoms with Crippen LogP contribution in [-0.4, -0.2) is 37.5 Å². The van der Waals surface area contributed by atoms with E-state index in [1.165, 1.54) is 0 Å². The third-order valence-electron chi connectivity index (χ3n) is 8.17. The Bertz CT molecular complexity index is 1620. The topological polar surface area (TPSA) is 107 Å². The summed E-state index contributed by atoms with van der Waals surface area (Å²) in [5.74, 6) is 1.29.